The molecule has 0 N–H and O–H groups in total. The summed E-state index contributed by atoms with van der Waals surface area (Å²) < 4.78 is 19.4. The zero-order valence-corrected chi connectivity index (χ0v) is 16.2. The fourth-order valence-electron chi connectivity index (χ4n) is 3.83. The summed E-state index contributed by atoms with van der Waals surface area (Å²) in [6.45, 7) is 23.6. The van der Waals surface area contributed by atoms with Gasteiger partial charge in [-0.2, -0.15) is 0 Å². The zero-order valence-electron chi connectivity index (χ0n) is 14.3. The Bertz CT molecular complexity index is 305. The second kappa shape index (κ2) is 4.73. The Kier molecular flexibility index (Phi) is 4.83. The van der Waals surface area contributed by atoms with E-state index in [1.807, 2.05) is 0 Å². The lowest BCUT2D eigenvalue weighted by Crippen LogP contribution is -2.40. The molecule has 0 fully saturated rings. The van der Waals surface area contributed by atoms with Gasteiger partial charge in [-0.3, -0.25) is 4.11 Å². The minimum absolute atomic E-state index is 0.0276. The average Bonchev–Trinajstić information content (AvgIpc) is 1.90. The van der Waals surface area contributed by atoms with Crippen LogP contribution in [0.15, 0.2) is 4.41 Å². The van der Waals surface area contributed by atoms with E-state index in [1.165, 1.54) is 0 Å². The number of rotatable bonds is 1. The normalized spacial score (nSPS) is 15.8. The van der Waals surface area contributed by atoms with Gasteiger partial charge in [0.2, 0.25) is 0 Å². The maximum atomic E-state index is 14.5. The van der Waals surface area contributed by atoms with Crippen LogP contribution < -0.4 is 0 Å². The van der Waals surface area contributed by atoms with E-state index in [4.69, 9.17) is 4.41 Å². The molecule has 0 aromatic carbocycles. The summed E-state index contributed by atoms with van der Waals surface area (Å²) in [7, 11) is -4.81. The summed E-state index contributed by atoms with van der Waals surface area (Å²) in [5, 5.41) is 0.0829. The molecule has 0 aliphatic rings. The van der Waals surface area contributed by atoms with Crippen LogP contribution in [-0.4, -0.2) is 24.0 Å². The van der Waals surface area contributed by atoms with Crippen molar-refractivity contribution in [2.24, 2.45) is 4.41 Å². The van der Waals surface area contributed by atoms with Crippen LogP contribution in [0.25, 0.3) is 0 Å². The Balaban J connectivity index is 6.59. The van der Waals surface area contributed by atoms with E-state index in [-0.39, 0.29) is 15.5 Å². The molecular formula is C14H33FNPSi. The van der Waals surface area contributed by atoms with Crippen molar-refractivity contribution in [2.75, 3.05) is 0 Å². The SMILES string of the molecule is CC(C)(C)P(=N[Si](C)(C)F)(C(C)(C)C)C(C)(C)C. The van der Waals surface area contributed by atoms with Gasteiger partial charge in [0.05, 0.1) is 0 Å². The molecule has 0 amide bonds. The van der Waals surface area contributed by atoms with Crippen molar-refractivity contribution in [3.05, 3.63) is 0 Å². The molecule has 0 atom stereocenters. The van der Waals surface area contributed by atoms with Gasteiger partial charge < -0.3 is 4.41 Å². The Morgan fingerprint density at radius 3 is 1.00 bits per heavy atom. The average molecular weight is 293 g/mol. The van der Waals surface area contributed by atoms with Crippen LogP contribution in [-0.2, 0) is 0 Å². The number of hydrogen-bond donors (Lipinski definition) is 0. The van der Waals surface area contributed by atoms with Gasteiger partial charge in [0.25, 0.3) is 0 Å². The highest BCUT2D eigenvalue weighted by molar-refractivity contribution is 7.71. The summed E-state index contributed by atoms with van der Waals surface area (Å²) >= 11 is 0. The van der Waals surface area contributed by atoms with E-state index in [0.29, 0.717) is 0 Å². The van der Waals surface area contributed by atoms with E-state index < -0.39 is 15.6 Å². The minimum atomic E-state index is -2.95. The summed E-state index contributed by atoms with van der Waals surface area (Å²) in [5.41, 5.74) is 0. The third kappa shape index (κ3) is 3.48. The summed E-state index contributed by atoms with van der Waals surface area (Å²) in [6.07, 6.45) is 0. The molecule has 110 valence electrons. The van der Waals surface area contributed by atoms with Crippen LogP contribution in [0.3, 0.4) is 0 Å². The first-order valence-electron chi connectivity index (χ1n) is 6.78. The lowest BCUT2D eigenvalue weighted by atomic mass is 10.2. The molecular weight excluding hydrogens is 260 g/mol. The predicted octanol–water partition coefficient (Wildman–Crippen LogP) is 6.25. The second-order valence-electron chi connectivity index (χ2n) is 8.66. The summed E-state index contributed by atoms with van der Waals surface area (Å²) in [6, 6.07) is 0. The summed E-state index contributed by atoms with van der Waals surface area (Å²) in [4.78, 5) is 0. The van der Waals surface area contributed by atoms with Crippen molar-refractivity contribution < 1.29 is 4.11 Å². The van der Waals surface area contributed by atoms with Gasteiger partial charge in [0.1, 0.15) is 0 Å². The van der Waals surface area contributed by atoms with Crippen LogP contribution in [0.2, 0.25) is 13.1 Å². The Morgan fingerprint density at radius 2 is 0.944 bits per heavy atom. The van der Waals surface area contributed by atoms with Gasteiger partial charge in [0.15, 0.2) is 0 Å². The number of nitrogens with zero attached hydrogens (tertiary/aromatic N) is 1. The molecule has 0 aromatic rings. The number of hydrogen-bond acceptors (Lipinski definition) is 1. The van der Waals surface area contributed by atoms with E-state index in [2.05, 4.69) is 62.3 Å². The smallest absolute Gasteiger partial charge is 0.303 e. The fraction of sp³-hybridized carbons (Fsp3) is 1.00. The Morgan fingerprint density at radius 1 is 0.722 bits per heavy atom. The quantitative estimate of drug-likeness (QED) is 0.307. The maximum Gasteiger partial charge on any atom is 0.359 e. The van der Waals surface area contributed by atoms with Crippen LogP contribution in [0.5, 0.6) is 0 Å². The largest absolute Gasteiger partial charge is 0.359 e. The van der Waals surface area contributed by atoms with E-state index in [1.54, 1.807) is 13.1 Å². The molecule has 0 saturated heterocycles. The van der Waals surface area contributed by atoms with Gasteiger partial charge in [0, 0.05) is 0 Å². The molecule has 0 saturated carbocycles. The van der Waals surface area contributed by atoms with Crippen LogP contribution in [0.4, 0.5) is 4.11 Å². The van der Waals surface area contributed by atoms with Gasteiger partial charge >= 0.3 is 8.57 Å². The lowest BCUT2D eigenvalue weighted by molar-refractivity contribution is 0.627. The highest BCUT2D eigenvalue weighted by atomic mass is 31.2. The standard InChI is InChI=1S/C14H33FNPSi/c1-12(2,3)17(13(4,5)6,14(7,8)9)16-18(10,11)15/h1-11H3. The third-order valence-electron chi connectivity index (χ3n) is 3.30. The van der Waals surface area contributed by atoms with Crippen molar-refractivity contribution >= 4 is 15.6 Å². The molecule has 1 nitrogen and oxygen atoms in total. The van der Waals surface area contributed by atoms with Crippen LogP contribution in [0, 0.1) is 0 Å². The molecule has 0 aliphatic carbocycles. The highest BCUT2D eigenvalue weighted by Gasteiger charge is 2.51. The summed E-state index contributed by atoms with van der Waals surface area (Å²) in [5.74, 6) is 0. The third-order valence-corrected chi connectivity index (χ3v) is 12.2. The monoisotopic (exact) mass is 293 g/mol. The van der Waals surface area contributed by atoms with Gasteiger partial charge in [-0.15, -0.1) is 0 Å². The molecule has 0 spiro atoms. The first kappa shape index (κ1) is 18.4. The zero-order chi connectivity index (χ0) is 15.2. The molecule has 0 heterocycles. The topological polar surface area (TPSA) is 12.4 Å². The molecule has 0 rings (SSSR count). The van der Waals surface area contributed by atoms with Crippen molar-refractivity contribution in [1.29, 1.82) is 0 Å². The molecule has 18 heavy (non-hydrogen) atoms. The fourth-order valence-corrected chi connectivity index (χ4v) is 16.3. The number of halogens is 1. The van der Waals surface area contributed by atoms with E-state index >= 15 is 0 Å². The van der Waals surface area contributed by atoms with E-state index in [0.717, 1.165) is 0 Å². The minimum Gasteiger partial charge on any atom is -0.303 e. The van der Waals surface area contributed by atoms with E-state index in [9.17, 15) is 4.11 Å². The molecule has 0 aromatic heterocycles. The Hall–Kier alpha value is 0.377. The van der Waals surface area contributed by atoms with Crippen molar-refractivity contribution in [1.82, 2.24) is 0 Å². The lowest BCUT2D eigenvalue weighted by Gasteiger charge is -2.55. The molecule has 0 aliphatic heterocycles. The first-order chi connectivity index (χ1) is 7.46. The molecule has 0 radical (unpaired) electrons. The van der Waals surface area contributed by atoms with Gasteiger partial charge in [-0.25, -0.2) is 0 Å². The van der Waals surface area contributed by atoms with Gasteiger partial charge in [-0.1, -0.05) is 62.3 Å². The van der Waals surface area contributed by atoms with Crippen LogP contribution >= 0.6 is 7.05 Å². The Labute approximate surface area is 115 Å². The highest BCUT2D eigenvalue weighted by Crippen LogP contribution is 2.77. The van der Waals surface area contributed by atoms with Crippen molar-refractivity contribution in [3.8, 4) is 0 Å². The second-order valence-corrected chi connectivity index (χ2v) is 17.6. The van der Waals surface area contributed by atoms with Crippen molar-refractivity contribution in [2.45, 2.75) is 90.9 Å². The van der Waals surface area contributed by atoms with Gasteiger partial charge in [-0.05, 0) is 35.6 Å². The molecule has 4 heteroatoms. The molecule has 0 bridgehead atoms. The first-order valence-corrected chi connectivity index (χ1v) is 11.4. The molecule has 0 unspecified atom stereocenters. The predicted molar refractivity (Wildman–Crippen MR) is 87.2 cm³/mol. The van der Waals surface area contributed by atoms with Crippen molar-refractivity contribution in [3.63, 3.8) is 0 Å². The van der Waals surface area contributed by atoms with Crippen LogP contribution in [0.1, 0.15) is 62.3 Å². The maximum absolute atomic E-state index is 14.5.